The quantitative estimate of drug-likeness (QED) is 0.387. The van der Waals surface area contributed by atoms with Crippen molar-refractivity contribution in [1.29, 1.82) is 0 Å². The zero-order valence-corrected chi connectivity index (χ0v) is 15.2. The third-order valence-corrected chi connectivity index (χ3v) is 3.82. The molecular weight excluding hydrogens is 445 g/mol. The number of hydrogen-bond acceptors (Lipinski definition) is 3. The molecule has 0 saturated heterocycles. The normalized spacial score (nSPS) is 12.4. The number of anilines is 1. The van der Waals surface area contributed by atoms with Gasteiger partial charge in [-0.05, 0) is 18.2 Å². The van der Waals surface area contributed by atoms with Gasteiger partial charge in [-0.1, -0.05) is 6.07 Å². The molecule has 1 aromatic carbocycles. The van der Waals surface area contributed by atoms with Gasteiger partial charge in [0.15, 0.2) is 5.69 Å². The predicted molar refractivity (Wildman–Crippen MR) is 90.7 cm³/mol. The van der Waals surface area contributed by atoms with E-state index >= 15 is 0 Å². The molecule has 0 spiro atoms. The lowest BCUT2D eigenvalue weighted by Crippen LogP contribution is -2.37. The summed E-state index contributed by atoms with van der Waals surface area (Å²) < 4.78 is 121. The maximum atomic E-state index is 13.1. The van der Waals surface area contributed by atoms with Gasteiger partial charge in [-0.3, -0.25) is 0 Å². The molecule has 0 saturated carbocycles. The van der Waals surface area contributed by atoms with E-state index in [1.54, 1.807) is 0 Å². The van der Waals surface area contributed by atoms with Crippen LogP contribution in [0.5, 0.6) is 5.88 Å². The molecule has 0 atom stereocenters. The van der Waals surface area contributed by atoms with Gasteiger partial charge >= 0.3 is 18.5 Å². The van der Waals surface area contributed by atoms with E-state index in [4.69, 9.17) is 11.3 Å². The first kappa shape index (κ1) is 24.1. The summed E-state index contributed by atoms with van der Waals surface area (Å²) in [5, 5.41) is 0. The third kappa shape index (κ3) is 6.94. The van der Waals surface area contributed by atoms with Crippen molar-refractivity contribution in [3.63, 3.8) is 0 Å². The molecule has 0 unspecified atom stereocenters. The van der Waals surface area contributed by atoms with E-state index in [1.807, 2.05) is 0 Å². The number of hydrogen-bond donors (Lipinski definition) is 0. The van der Waals surface area contributed by atoms with E-state index in [1.165, 1.54) is 0 Å². The summed E-state index contributed by atoms with van der Waals surface area (Å²) >= 11 is 0. The van der Waals surface area contributed by atoms with E-state index < -0.39 is 60.7 Å². The summed E-state index contributed by atoms with van der Waals surface area (Å²) in [6.45, 7) is 4.09. The molecule has 0 aliphatic carbocycles. The van der Waals surface area contributed by atoms with Crippen molar-refractivity contribution in [3.8, 4) is 5.88 Å². The molecule has 2 rings (SSSR count). The highest BCUT2D eigenvalue weighted by molar-refractivity contribution is 5.62. The van der Waals surface area contributed by atoms with E-state index in [-0.39, 0.29) is 5.88 Å². The molecule has 0 amide bonds. The second-order valence-corrected chi connectivity index (χ2v) is 6.08. The van der Waals surface area contributed by atoms with Crippen LogP contribution in [0.2, 0.25) is 0 Å². The molecule has 4 nitrogen and oxygen atoms in total. The molecule has 31 heavy (non-hydrogen) atoms. The van der Waals surface area contributed by atoms with E-state index in [0.29, 0.717) is 23.2 Å². The molecule has 0 fully saturated rings. The average molecular weight is 457 g/mol. The van der Waals surface area contributed by atoms with Crippen molar-refractivity contribution in [1.82, 2.24) is 4.98 Å². The van der Waals surface area contributed by atoms with Crippen LogP contribution in [0.1, 0.15) is 11.1 Å². The Morgan fingerprint density at radius 1 is 0.935 bits per heavy atom. The molecule has 0 radical (unpaired) electrons. The van der Waals surface area contributed by atoms with Crippen molar-refractivity contribution in [2.45, 2.75) is 18.5 Å². The fourth-order valence-corrected chi connectivity index (χ4v) is 2.45. The van der Waals surface area contributed by atoms with Gasteiger partial charge in [0, 0.05) is 18.0 Å². The number of aromatic nitrogens is 1. The summed E-state index contributed by atoms with van der Waals surface area (Å²) in [5.41, 5.74) is -3.68. The Balaban J connectivity index is 2.19. The van der Waals surface area contributed by atoms with Crippen molar-refractivity contribution >= 4 is 11.4 Å². The number of nitrogens with zero attached hydrogens (tertiary/aromatic N) is 3. The highest BCUT2D eigenvalue weighted by Gasteiger charge is 2.36. The summed E-state index contributed by atoms with van der Waals surface area (Å²) in [7, 11) is 0. The second-order valence-electron chi connectivity index (χ2n) is 6.08. The zero-order chi connectivity index (χ0) is 23.4. The Morgan fingerprint density at radius 2 is 1.61 bits per heavy atom. The molecule has 13 heteroatoms. The Bertz CT molecular complexity index is 929. The van der Waals surface area contributed by atoms with Crippen LogP contribution in [0, 0.1) is 6.57 Å². The van der Waals surface area contributed by atoms with Crippen LogP contribution in [-0.2, 0) is 12.4 Å². The lowest BCUT2D eigenvalue weighted by molar-refractivity contribution is -0.138. The molecule has 2 aromatic rings. The van der Waals surface area contributed by atoms with Crippen LogP contribution in [0.15, 0.2) is 36.5 Å². The first-order chi connectivity index (χ1) is 14.2. The highest BCUT2D eigenvalue weighted by atomic mass is 19.4. The van der Waals surface area contributed by atoms with Crippen LogP contribution >= 0.6 is 0 Å². The number of pyridine rings is 1. The standard InChI is InChI=1S/C18H12F9N3O/c1-28-14-4-3-12(8-13(14)18(25,26)27)30(10-16(19,20)21)6-7-31-15-5-2-11(9-29-15)17(22,23)24/h2-5,8-9H,6-7,10H2. The van der Waals surface area contributed by atoms with Gasteiger partial charge in [-0.2, -0.15) is 39.5 Å². The van der Waals surface area contributed by atoms with Gasteiger partial charge in [0.2, 0.25) is 5.88 Å². The zero-order valence-electron chi connectivity index (χ0n) is 15.2. The minimum atomic E-state index is -4.96. The van der Waals surface area contributed by atoms with Crippen molar-refractivity contribution in [2.75, 3.05) is 24.6 Å². The van der Waals surface area contributed by atoms with Gasteiger partial charge in [-0.25, -0.2) is 9.83 Å². The van der Waals surface area contributed by atoms with Crippen LogP contribution in [0.4, 0.5) is 50.9 Å². The maximum Gasteiger partial charge on any atom is 0.417 e. The van der Waals surface area contributed by atoms with Gasteiger partial charge in [0.1, 0.15) is 13.2 Å². The van der Waals surface area contributed by atoms with Crippen molar-refractivity contribution < 1.29 is 44.3 Å². The first-order valence-corrected chi connectivity index (χ1v) is 8.27. The minimum absolute atomic E-state index is 0.306. The Morgan fingerprint density at radius 3 is 2.10 bits per heavy atom. The van der Waals surface area contributed by atoms with Crippen LogP contribution in [0.25, 0.3) is 4.85 Å². The molecule has 0 aliphatic rings. The Labute approximate surface area is 169 Å². The second kappa shape index (κ2) is 8.91. The van der Waals surface area contributed by atoms with E-state index in [2.05, 4.69) is 9.83 Å². The van der Waals surface area contributed by atoms with Gasteiger partial charge in [-0.15, -0.1) is 0 Å². The Kier molecular flexibility index (Phi) is 6.93. The smallest absolute Gasteiger partial charge is 0.417 e. The van der Waals surface area contributed by atoms with Crippen molar-refractivity contribution in [2.24, 2.45) is 0 Å². The van der Waals surface area contributed by atoms with Gasteiger partial charge < -0.3 is 9.64 Å². The predicted octanol–water partition coefficient (Wildman–Crippen LogP) is 6.12. The Hall–Kier alpha value is -3.17. The van der Waals surface area contributed by atoms with Crippen LogP contribution < -0.4 is 9.64 Å². The lowest BCUT2D eigenvalue weighted by Gasteiger charge is -2.27. The van der Waals surface area contributed by atoms with E-state index in [0.717, 1.165) is 18.2 Å². The fourth-order valence-electron chi connectivity index (χ4n) is 2.45. The minimum Gasteiger partial charge on any atom is -0.476 e. The van der Waals surface area contributed by atoms with Crippen molar-refractivity contribution in [3.05, 3.63) is 59.1 Å². The summed E-state index contributed by atoms with van der Waals surface area (Å²) in [5.74, 6) is -0.306. The first-order valence-electron chi connectivity index (χ1n) is 8.27. The summed E-state index contributed by atoms with van der Waals surface area (Å²) in [4.78, 5) is 6.66. The van der Waals surface area contributed by atoms with Gasteiger partial charge in [0.25, 0.3) is 0 Å². The van der Waals surface area contributed by atoms with Crippen LogP contribution in [0.3, 0.4) is 0 Å². The average Bonchev–Trinajstić information content (AvgIpc) is 2.65. The third-order valence-electron chi connectivity index (χ3n) is 3.82. The van der Waals surface area contributed by atoms with Crippen LogP contribution in [-0.4, -0.2) is 30.9 Å². The highest BCUT2D eigenvalue weighted by Crippen LogP contribution is 2.39. The molecule has 1 heterocycles. The number of alkyl halides is 9. The largest absolute Gasteiger partial charge is 0.476 e. The molecular formula is C18H12F9N3O. The molecule has 168 valence electrons. The fraction of sp³-hybridized carbons (Fsp3) is 0.333. The number of rotatable bonds is 6. The number of halogens is 9. The molecule has 0 N–H and O–H groups in total. The number of ether oxygens (including phenoxy) is 1. The van der Waals surface area contributed by atoms with Gasteiger partial charge in [0.05, 0.1) is 24.2 Å². The monoisotopic (exact) mass is 457 g/mol. The van der Waals surface area contributed by atoms with E-state index in [9.17, 15) is 39.5 Å². The topological polar surface area (TPSA) is 29.7 Å². The summed E-state index contributed by atoms with van der Waals surface area (Å²) in [6, 6.07) is 3.64. The molecule has 0 aliphatic heterocycles. The molecule has 0 bridgehead atoms. The number of benzene rings is 1. The summed E-state index contributed by atoms with van der Waals surface area (Å²) in [6.07, 6.45) is -13.9. The lowest BCUT2D eigenvalue weighted by atomic mass is 10.1. The molecule has 1 aromatic heterocycles. The SMILES string of the molecule is [C-]#[N+]c1ccc(N(CCOc2ccc(C(F)(F)F)cn2)CC(F)(F)F)cc1C(F)(F)F. The maximum absolute atomic E-state index is 13.1.